The number of nitrogen functional groups attached to an aromatic ring is 1. The molecule has 0 aliphatic carbocycles. The molecule has 6 nitrogen and oxygen atoms in total. The molecular formula is C14H12BrN3O3. The summed E-state index contributed by atoms with van der Waals surface area (Å²) in [5, 5.41) is 18.6. The van der Waals surface area contributed by atoms with Crippen LogP contribution in [0.15, 0.2) is 40.9 Å². The lowest BCUT2D eigenvalue weighted by Gasteiger charge is -2.11. The summed E-state index contributed by atoms with van der Waals surface area (Å²) in [4.78, 5) is 10.6. The number of rotatable bonds is 4. The van der Waals surface area contributed by atoms with Gasteiger partial charge in [-0.05, 0) is 36.8 Å². The first kappa shape index (κ1) is 15.0. The molecule has 7 heteroatoms. The van der Waals surface area contributed by atoms with Gasteiger partial charge in [-0.25, -0.2) is 0 Å². The van der Waals surface area contributed by atoms with E-state index in [1.54, 1.807) is 24.3 Å². The van der Waals surface area contributed by atoms with Crippen LogP contribution in [0.1, 0.15) is 11.1 Å². The Morgan fingerprint density at radius 3 is 2.62 bits per heavy atom. The van der Waals surface area contributed by atoms with Gasteiger partial charge in [-0.2, -0.15) is 0 Å². The van der Waals surface area contributed by atoms with Crippen molar-refractivity contribution in [3.8, 4) is 11.5 Å². The SMILES string of the molecule is Cc1ccc(C(=N)N)c(Oc2ccc(Br)cc2[N+](=O)[O-])c1. The summed E-state index contributed by atoms with van der Waals surface area (Å²) >= 11 is 3.19. The van der Waals surface area contributed by atoms with E-state index < -0.39 is 4.92 Å². The van der Waals surface area contributed by atoms with E-state index in [4.69, 9.17) is 15.9 Å². The molecule has 0 aliphatic rings. The lowest BCUT2D eigenvalue weighted by molar-refractivity contribution is -0.385. The summed E-state index contributed by atoms with van der Waals surface area (Å²) in [5.74, 6) is 0.244. The average Bonchev–Trinajstić information content (AvgIpc) is 2.40. The number of ether oxygens (including phenoxy) is 1. The Morgan fingerprint density at radius 2 is 2.00 bits per heavy atom. The number of nitrogens with zero attached hydrogens (tertiary/aromatic N) is 1. The molecule has 0 aromatic heterocycles. The van der Waals surface area contributed by atoms with Crippen LogP contribution in [-0.2, 0) is 0 Å². The highest BCUT2D eigenvalue weighted by molar-refractivity contribution is 9.10. The first-order chi connectivity index (χ1) is 9.88. The molecule has 21 heavy (non-hydrogen) atoms. The van der Waals surface area contributed by atoms with Crippen LogP contribution in [0.4, 0.5) is 5.69 Å². The molecule has 0 unspecified atom stereocenters. The number of halogens is 1. The van der Waals surface area contributed by atoms with Crippen LogP contribution in [0.3, 0.4) is 0 Å². The molecule has 0 amide bonds. The van der Waals surface area contributed by atoms with Crippen molar-refractivity contribution in [2.24, 2.45) is 5.73 Å². The van der Waals surface area contributed by atoms with Crippen LogP contribution in [0.2, 0.25) is 0 Å². The van der Waals surface area contributed by atoms with E-state index in [1.165, 1.54) is 12.1 Å². The third kappa shape index (κ3) is 3.38. The van der Waals surface area contributed by atoms with Crippen LogP contribution in [-0.4, -0.2) is 10.8 Å². The quantitative estimate of drug-likeness (QED) is 0.379. The van der Waals surface area contributed by atoms with Crippen molar-refractivity contribution in [3.63, 3.8) is 0 Å². The molecule has 0 spiro atoms. The molecule has 108 valence electrons. The van der Waals surface area contributed by atoms with Crippen LogP contribution < -0.4 is 10.5 Å². The molecule has 0 saturated carbocycles. The second-order valence-electron chi connectivity index (χ2n) is 4.38. The molecular weight excluding hydrogens is 338 g/mol. The Balaban J connectivity index is 2.50. The van der Waals surface area contributed by atoms with Gasteiger partial charge >= 0.3 is 5.69 Å². The van der Waals surface area contributed by atoms with Gasteiger partial charge in [-0.15, -0.1) is 0 Å². The van der Waals surface area contributed by atoms with Gasteiger partial charge in [-0.3, -0.25) is 15.5 Å². The van der Waals surface area contributed by atoms with Gasteiger partial charge in [-0.1, -0.05) is 22.0 Å². The highest BCUT2D eigenvalue weighted by Gasteiger charge is 2.18. The third-order valence-electron chi connectivity index (χ3n) is 2.76. The van der Waals surface area contributed by atoms with Gasteiger partial charge in [0.15, 0.2) is 0 Å². The Labute approximate surface area is 129 Å². The van der Waals surface area contributed by atoms with Crippen LogP contribution in [0.25, 0.3) is 0 Å². The number of benzene rings is 2. The van der Waals surface area contributed by atoms with Crippen molar-refractivity contribution in [2.45, 2.75) is 6.92 Å². The first-order valence-corrected chi connectivity index (χ1v) is 6.74. The minimum Gasteiger partial charge on any atom is -0.449 e. The number of nitro groups is 1. The van der Waals surface area contributed by atoms with Gasteiger partial charge in [0.05, 0.1) is 10.5 Å². The molecule has 2 rings (SSSR count). The van der Waals surface area contributed by atoms with E-state index in [-0.39, 0.29) is 17.3 Å². The van der Waals surface area contributed by atoms with Gasteiger partial charge in [0.2, 0.25) is 5.75 Å². The van der Waals surface area contributed by atoms with Crippen molar-refractivity contribution in [1.29, 1.82) is 5.41 Å². The smallest absolute Gasteiger partial charge is 0.312 e. The molecule has 0 radical (unpaired) electrons. The fourth-order valence-corrected chi connectivity index (χ4v) is 2.12. The van der Waals surface area contributed by atoms with Crippen LogP contribution in [0, 0.1) is 22.4 Å². The van der Waals surface area contributed by atoms with Crippen molar-refractivity contribution < 1.29 is 9.66 Å². The maximum absolute atomic E-state index is 11.1. The molecule has 3 N–H and O–H groups in total. The summed E-state index contributed by atoms with van der Waals surface area (Å²) in [7, 11) is 0. The molecule has 0 atom stereocenters. The molecule has 0 heterocycles. The molecule has 0 bridgehead atoms. The maximum Gasteiger partial charge on any atom is 0.312 e. The van der Waals surface area contributed by atoms with E-state index in [0.717, 1.165) is 5.56 Å². The predicted molar refractivity (Wildman–Crippen MR) is 83.1 cm³/mol. The highest BCUT2D eigenvalue weighted by Crippen LogP contribution is 2.35. The summed E-state index contributed by atoms with van der Waals surface area (Å²) in [6, 6.07) is 9.62. The second kappa shape index (κ2) is 5.92. The summed E-state index contributed by atoms with van der Waals surface area (Å²) in [6.07, 6.45) is 0. The fourth-order valence-electron chi connectivity index (χ4n) is 1.77. The lowest BCUT2D eigenvalue weighted by Crippen LogP contribution is -2.12. The van der Waals surface area contributed by atoms with Gasteiger partial charge in [0, 0.05) is 10.5 Å². The van der Waals surface area contributed by atoms with E-state index >= 15 is 0 Å². The average molecular weight is 350 g/mol. The summed E-state index contributed by atoms with van der Waals surface area (Å²) < 4.78 is 6.20. The maximum atomic E-state index is 11.1. The third-order valence-corrected chi connectivity index (χ3v) is 3.26. The summed E-state index contributed by atoms with van der Waals surface area (Å²) in [6.45, 7) is 1.85. The minimum absolute atomic E-state index is 0.0938. The molecule has 0 saturated heterocycles. The fraction of sp³-hybridized carbons (Fsp3) is 0.0714. The number of nitrogens with two attached hydrogens (primary N) is 1. The zero-order valence-corrected chi connectivity index (χ0v) is 12.7. The zero-order valence-electron chi connectivity index (χ0n) is 11.1. The Kier molecular flexibility index (Phi) is 4.23. The van der Waals surface area contributed by atoms with E-state index in [2.05, 4.69) is 15.9 Å². The molecule has 2 aromatic rings. The first-order valence-electron chi connectivity index (χ1n) is 5.95. The Morgan fingerprint density at radius 1 is 1.29 bits per heavy atom. The number of hydrogen-bond acceptors (Lipinski definition) is 4. The normalized spacial score (nSPS) is 10.2. The number of amidine groups is 1. The largest absolute Gasteiger partial charge is 0.449 e. The number of hydrogen-bond donors (Lipinski definition) is 2. The van der Waals surface area contributed by atoms with Gasteiger partial charge < -0.3 is 10.5 Å². The van der Waals surface area contributed by atoms with Crippen molar-refractivity contribution in [1.82, 2.24) is 0 Å². The predicted octanol–water partition coefficient (Wildman–Crippen LogP) is 3.74. The topological polar surface area (TPSA) is 102 Å². The van der Waals surface area contributed by atoms with Gasteiger partial charge in [0.25, 0.3) is 0 Å². The standard InChI is InChI=1S/C14H12BrN3O3/c1-8-2-4-10(14(16)17)13(6-8)21-12-5-3-9(15)7-11(12)18(19)20/h2-7H,1H3,(H3,16,17). The second-order valence-corrected chi connectivity index (χ2v) is 5.30. The Hall–Kier alpha value is -2.41. The van der Waals surface area contributed by atoms with E-state index in [0.29, 0.717) is 15.8 Å². The number of nitrogens with one attached hydrogen (secondary N) is 1. The number of nitro benzene ring substituents is 1. The molecule has 0 fully saturated rings. The molecule has 0 aliphatic heterocycles. The van der Waals surface area contributed by atoms with Crippen molar-refractivity contribution in [2.75, 3.05) is 0 Å². The van der Waals surface area contributed by atoms with Crippen LogP contribution >= 0.6 is 15.9 Å². The Bertz CT molecular complexity index is 731. The highest BCUT2D eigenvalue weighted by atomic mass is 79.9. The minimum atomic E-state index is -0.524. The summed E-state index contributed by atoms with van der Waals surface area (Å²) in [5.41, 5.74) is 6.62. The van der Waals surface area contributed by atoms with Crippen molar-refractivity contribution in [3.05, 3.63) is 62.1 Å². The molecule has 2 aromatic carbocycles. The lowest BCUT2D eigenvalue weighted by atomic mass is 10.1. The van der Waals surface area contributed by atoms with Crippen LogP contribution in [0.5, 0.6) is 11.5 Å². The monoisotopic (exact) mass is 349 g/mol. The van der Waals surface area contributed by atoms with E-state index in [9.17, 15) is 10.1 Å². The zero-order chi connectivity index (χ0) is 15.6. The number of aryl methyl sites for hydroxylation is 1. The van der Waals surface area contributed by atoms with Crippen molar-refractivity contribution >= 4 is 27.5 Å². The van der Waals surface area contributed by atoms with Gasteiger partial charge in [0.1, 0.15) is 11.6 Å². The van der Waals surface area contributed by atoms with E-state index in [1.807, 2.05) is 6.92 Å².